The van der Waals surface area contributed by atoms with Crippen molar-refractivity contribution >= 4 is 14.5 Å². The van der Waals surface area contributed by atoms with Crippen molar-refractivity contribution in [2.75, 3.05) is 6.61 Å². The number of rotatable bonds is 9. The van der Waals surface area contributed by atoms with E-state index in [4.69, 9.17) is 18.7 Å². The largest absolute Gasteiger partial charge is 0.414 e. The van der Waals surface area contributed by atoms with Crippen molar-refractivity contribution < 1.29 is 29.0 Å². The lowest BCUT2D eigenvalue weighted by Gasteiger charge is -2.37. The highest BCUT2D eigenvalue weighted by Crippen LogP contribution is 2.37. The summed E-state index contributed by atoms with van der Waals surface area (Å²) in [5, 5.41) is 25.3. The SMILES string of the molecule is CC1(C)O[C@H]([C@@H](O)[C@H](O)CO[Si](C)(C)C(C)(C)C)[C@H](/C=N\OCc2ccccc2)O1. The molecule has 30 heavy (non-hydrogen) atoms. The van der Waals surface area contributed by atoms with Crippen LogP contribution < -0.4 is 0 Å². The van der Waals surface area contributed by atoms with E-state index in [1.54, 1.807) is 13.8 Å². The smallest absolute Gasteiger partial charge is 0.192 e. The number of oxime groups is 1. The molecule has 0 unspecified atom stereocenters. The van der Waals surface area contributed by atoms with Crippen LogP contribution in [-0.2, 0) is 25.3 Å². The molecule has 0 saturated carbocycles. The molecule has 7 nitrogen and oxygen atoms in total. The fraction of sp³-hybridized carbons (Fsp3) is 0.682. The summed E-state index contributed by atoms with van der Waals surface area (Å²) in [6, 6.07) is 9.68. The van der Waals surface area contributed by atoms with Gasteiger partial charge in [-0.15, -0.1) is 0 Å². The van der Waals surface area contributed by atoms with Gasteiger partial charge in [-0.2, -0.15) is 0 Å². The van der Waals surface area contributed by atoms with Gasteiger partial charge in [0.05, 0.1) is 12.8 Å². The van der Waals surface area contributed by atoms with E-state index in [1.807, 2.05) is 30.3 Å². The molecule has 1 aromatic carbocycles. The maximum Gasteiger partial charge on any atom is 0.192 e. The average Bonchev–Trinajstić information content (AvgIpc) is 2.97. The molecule has 0 amide bonds. The van der Waals surface area contributed by atoms with Crippen molar-refractivity contribution in [1.82, 2.24) is 0 Å². The first-order chi connectivity index (χ1) is 13.8. The zero-order valence-electron chi connectivity index (χ0n) is 19.2. The number of aliphatic hydroxyl groups is 2. The molecule has 0 bridgehead atoms. The van der Waals surface area contributed by atoms with E-state index < -0.39 is 38.5 Å². The molecule has 2 rings (SSSR count). The van der Waals surface area contributed by atoms with Gasteiger partial charge < -0.3 is 29.0 Å². The van der Waals surface area contributed by atoms with Gasteiger partial charge in [-0.05, 0) is 37.5 Å². The van der Waals surface area contributed by atoms with Gasteiger partial charge in [0, 0.05) is 0 Å². The molecule has 170 valence electrons. The summed E-state index contributed by atoms with van der Waals surface area (Å²) in [4.78, 5) is 5.34. The lowest BCUT2D eigenvalue weighted by Crippen LogP contribution is -2.49. The summed E-state index contributed by atoms with van der Waals surface area (Å²) in [6.07, 6.45) is -2.28. The normalized spacial score (nSPS) is 24.2. The lowest BCUT2D eigenvalue weighted by molar-refractivity contribution is -0.163. The van der Waals surface area contributed by atoms with E-state index in [1.165, 1.54) is 6.21 Å². The maximum atomic E-state index is 10.7. The molecule has 4 atom stereocenters. The highest BCUT2D eigenvalue weighted by Gasteiger charge is 2.47. The van der Waals surface area contributed by atoms with Crippen molar-refractivity contribution in [3.63, 3.8) is 0 Å². The fourth-order valence-corrected chi connectivity index (χ4v) is 3.83. The Morgan fingerprint density at radius 3 is 2.40 bits per heavy atom. The summed E-state index contributed by atoms with van der Waals surface area (Å²) in [5.41, 5.74) is 0.994. The van der Waals surface area contributed by atoms with Crippen LogP contribution in [0.4, 0.5) is 0 Å². The van der Waals surface area contributed by atoms with E-state index in [9.17, 15) is 10.2 Å². The van der Waals surface area contributed by atoms with Crippen molar-refractivity contribution in [3.8, 4) is 0 Å². The summed E-state index contributed by atoms with van der Waals surface area (Å²) >= 11 is 0. The first-order valence-corrected chi connectivity index (χ1v) is 13.3. The van der Waals surface area contributed by atoms with Gasteiger partial charge in [0.25, 0.3) is 0 Å². The third kappa shape index (κ3) is 6.86. The fourth-order valence-electron chi connectivity index (χ4n) is 2.81. The Bertz CT molecular complexity index is 689. The van der Waals surface area contributed by atoms with Crippen LogP contribution in [0.2, 0.25) is 18.1 Å². The Morgan fingerprint density at radius 2 is 1.80 bits per heavy atom. The molecule has 0 aromatic heterocycles. The van der Waals surface area contributed by atoms with Crippen LogP contribution in [0.25, 0.3) is 0 Å². The minimum atomic E-state index is -2.05. The van der Waals surface area contributed by atoms with E-state index in [-0.39, 0.29) is 11.6 Å². The molecule has 1 aliphatic heterocycles. The Kier molecular flexibility index (Phi) is 8.23. The number of ether oxygens (including phenoxy) is 2. The van der Waals surface area contributed by atoms with Gasteiger partial charge in [-0.1, -0.05) is 56.3 Å². The summed E-state index contributed by atoms with van der Waals surface area (Å²) in [6.45, 7) is 14.4. The zero-order valence-corrected chi connectivity index (χ0v) is 20.2. The van der Waals surface area contributed by atoms with Crippen LogP contribution in [0.3, 0.4) is 0 Å². The molecule has 1 fully saturated rings. The Morgan fingerprint density at radius 1 is 1.17 bits per heavy atom. The quantitative estimate of drug-likeness (QED) is 0.348. The van der Waals surface area contributed by atoms with Crippen LogP contribution in [0.5, 0.6) is 0 Å². The van der Waals surface area contributed by atoms with Gasteiger partial charge in [0.15, 0.2) is 14.1 Å². The minimum Gasteiger partial charge on any atom is -0.414 e. The third-order valence-corrected chi connectivity index (χ3v) is 10.2. The monoisotopic (exact) mass is 439 g/mol. The van der Waals surface area contributed by atoms with Gasteiger partial charge in [0.1, 0.15) is 31.0 Å². The Hall–Kier alpha value is -1.29. The molecule has 1 saturated heterocycles. The topological polar surface area (TPSA) is 89.7 Å². The molecule has 1 heterocycles. The molecule has 2 N–H and O–H groups in total. The zero-order chi connectivity index (χ0) is 22.6. The van der Waals surface area contributed by atoms with Crippen LogP contribution >= 0.6 is 0 Å². The number of benzene rings is 1. The molecule has 8 heteroatoms. The van der Waals surface area contributed by atoms with Crippen LogP contribution in [0.1, 0.15) is 40.2 Å². The van der Waals surface area contributed by atoms with Crippen molar-refractivity contribution in [1.29, 1.82) is 0 Å². The summed E-state index contributed by atoms with van der Waals surface area (Å²) in [5.74, 6) is -0.915. The third-order valence-electron chi connectivity index (χ3n) is 5.67. The first-order valence-electron chi connectivity index (χ1n) is 10.4. The van der Waals surface area contributed by atoms with Crippen molar-refractivity contribution in [2.24, 2.45) is 5.16 Å². The second-order valence-corrected chi connectivity index (χ2v) is 14.5. The second kappa shape index (κ2) is 9.89. The van der Waals surface area contributed by atoms with Crippen LogP contribution in [0.15, 0.2) is 35.5 Å². The number of nitrogens with zero attached hydrogens (tertiary/aromatic N) is 1. The molecule has 0 radical (unpaired) electrons. The summed E-state index contributed by atoms with van der Waals surface area (Å²) < 4.78 is 17.7. The van der Waals surface area contributed by atoms with Gasteiger partial charge in [0.2, 0.25) is 0 Å². The lowest BCUT2D eigenvalue weighted by atomic mass is 10.0. The molecule has 1 aromatic rings. The average molecular weight is 440 g/mol. The van der Waals surface area contributed by atoms with E-state index in [0.717, 1.165) is 5.56 Å². The van der Waals surface area contributed by atoms with Crippen LogP contribution in [-0.4, -0.2) is 61.6 Å². The Labute approximate surface area is 181 Å². The van der Waals surface area contributed by atoms with Crippen LogP contribution in [0, 0.1) is 0 Å². The van der Waals surface area contributed by atoms with E-state index in [0.29, 0.717) is 6.61 Å². The minimum absolute atomic E-state index is 0.0118. The van der Waals surface area contributed by atoms with Gasteiger partial charge in [-0.25, -0.2) is 0 Å². The van der Waals surface area contributed by atoms with E-state index >= 15 is 0 Å². The standard InChI is InChI=1S/C22H37NO6Si/c1-21(2,3)30(6,7)27-15-17(24)19(25)20-18(28-22(4,5)29-20)13-23-26-14-16-11-9-8-10-12-16/h8-13,17-20,24-25H,14-15H2,1-7H3/b23-13-/t17-,18+,19+,20+/m1/s1. The van der Waals surface area contributed by atoms with Gasteiger partial charge in [-0.3, -0.25) is 0 Å². The maximum absolute atomic E-state index is 10.7. The Balaban J connectivity index is 1.95. The molecule has 0 aliphatic carbocycles. The molecule has 0 spiro atoms. The highest BCUT2D eigenvalue weighted by atomic mass is 28.4. The number of hydrogen-bond acceptors (Lipinski definition) is 7. The first kappa shape index (κ1) is 25.0. The van der Waals surface area contributed by atoms with E-state index in [2.05, 4.69) is 39.0 Å². The predicted octanol–water partition coefficient (Wildman–Crippen LogP) is 3.45. The molecule has 1 aliphatic rings. The van der Waals surface area contributed by atoms with Crippen molar-refractivity contribution in [2.45, 2.75) is 89.6 Å². The molecular weight excluding hydrogens is 402 g/mol. The summed E-state index contributed by atoms with van der Waals surface area (Å²) in [7, 11) is -2.05. The molecular formula is C22H37NO6Si. The highest BCUT2D eigenvalue weighted by molar-refractivity contribution is 6.74. The van der Waals surface area contributed by atoms with Gasteiger partial charge >= 0.3 is 0 Å². The van der Waals surface area contributed by atoms with Crippen molar-refractivity contribution in [3.05, 3.63) is 35.9 Å². The number of aliphatic hydroxyl groups excluding tert-OH is 2. The second-order valence-electron chi connectivity index (χ2n) is 9.71. The predicted molar refractivity (Wildman–Crippen MR) is 119 cm³/mol. The number of hydrogen-bond donors (Lipinski definition) is 2.